The topological polar surface area (TPSA) is 85.8 Å². The maximum Gasteiger partial charge on any atom is 0.119 e. The lowest BCUT2D eigenvalue weighted by Crippen LogP contribution is -2.29. The number of nitrogens with zero attached hydrogens (tertiary/aromatic N) is 1. The van der Waals surface area contributed by atoms with Gasteiger partial charge in [-0.3, -0.25) is 5.84 Å². The fourth-order valence-corrected chi connectivity index (χ4v) is 2.46. The van der Waals surface area contributed by atoms with Crippen molar-refractivity contribution in [1.29, 1.82) is 0 Å². The molecule has 0 radical (unpaired) electrons. The monoisotopic (exact) mass is 472 g/mol. The summed E-state index contributed by atoms with van der Waals surface area (Å²) < 4.78 is 10.1. The molecule has 0 amide bonds. The van der Waals surface area contributed by atoms with Crippen molar-refractivity contribution in [3.8, 4) is 11.5 Å². The van der Waals surface area contributed by atoms with Crippen molar-refractivity contribution in [3.63, 3.8) is 0 Å². The second-order valence-corrected chi connectivity index (χ2v) is 6.26. The van der Waals surface area contributed by atoms with E-state index in [-0.39, 0.29) is 24.8 Å². The van der Waals surface area contributed by atoms with Gasteiger partial charge in [0.1, 0.15) is 11.5 Å². The molecule has 0 atom stereocenters. The summed E-state index contributed by atoms with van der Waals surface area (Å²) in [5, 5.41) is 2.41. The van der Waals surface area contributed by atoms with E-state index in [0.29, 0.717) is 6.54 Å². The largest absolute Gasteiger partial charge is 0.497 e. The van der Waals surface area contributed by atoms with Gasteiger partial charge in [-0.15, -0.1) is 24.8 Å². The normalized spacial score (nSPS) is 9.10. The molecule has 0 aromatic heterocycles. The maximum absolute atomic E-state index is 6.02. The number of hydrazine groups is 2. The number of anilines is 2. The molecule has 0 bridgehead atoms. The predicted octanol–water partition coefficient (Wildman–Crippen LogP) is 5.05. The Kier molecular flexibility index (Phi) is 13.5. The third-order valence-corrected chi connectivity index (χ3v) is 4.18. The van der Waals surface area contributed by atoms with E-state index in [1.165, 1.54) is 0 Å². The van der Waals surface area contributed by atoms with Crippen molar-refractivity contribution < 1.29 is 9.47 Å². The van der Waals surface area contributed by atoms with Crippen LogP contribution in [0.15, 0.2) is 72.8 Å². The Morgan fingerprint density at radius 3 is 1.70 bits per heavy atom. The van der Waals surface area contributed by atoms with Crippen molar-refractivity contribution in [2.24, 2.45) is 11.7 Å². The molecule has 0 heterocycles. The molecule has 3 aromatic carbocycles. The van der Waals surface area contributed by atoms with Gasteiger partial charge in [0.05, 0.1) is 26.5 Å². The Morgan fingerprint density at radius 1 is 0.800 bits per heavy atom. The summed E-state index contributed by atoms with van der Waals surface area (Å²) in [6.07, 6.45) is 0. The molecular weight excluding hydrogens is 447 g/mol. The molecule has 6 nitrogen and oxygen atoms in total. The van der Waals surface area contributed by atoms with Crippen LogP contribution in [0.3, 0.4) is 0 Å². The lowest BCUT2D eigenvalue weighted by atomic mass is 10.2. The van der Waals surface area contributed by atoms with Gasteiger partial charge in [0.15, 0.2) is 0 Å². The average molecular weight is 474 g/mol. The quantitative estimate of drug-likeness (QED) is 0.343. The number of halogens is 3. The predicted molar refractivity (Wildman–Crippen MR) is 130 cm³/mol. The van der Waals surface area contributed by atoms with Gasteiger partial charge in [0, 0.05) is 10.7 Å². The summed E-state index contributed by atoms with van der Waals surface area (Å²) in [7, 11) is 3.27. The van der Waals surface area contributed by atoms with E-state index in [0.717, 1.165) is 33.5 Å². The van der Waals surface area contributed by atoms with Crippen LogP contribution in [0.1, 0.15) is 5.56 Å². The smallest absolute Gasteiger partial charge is 0.119 e. The van der Waals surface area contributed by atoms with Crippen LogP contribution >= 0.6 is 36.4 Å². The minimum Gasteiger partial charge on any atom is -0.497 e. The number of rotatable bonds is 6. The Bertz CT molecular complexity index is 809. The maximum atomic E-state index is 6.02. The number of ether oxygens (including phenoxy) is 2. The van der Waals surface area contributed by atoms with E-state index in [2.05, 4.69) is 5.43 Å². The third kappa shape index (κ3) is 8.98. The highest BCUT2D eigenvalue weighted by Crippen LogP contribution is 2.19. The standard InChI is InChI=1S/C14H15ClN2O.C7H10N2O.2ClH/c1-18-14-8-6-13(7-9-14)17(16)10-11-2-4-12(15)5-3-11;1-10-7-4-2-6(9-8)3-5-7;;/h2-9H,10,16H2,1H3;2-5,9H,8H2,1H3;2*1H. The second kappa shape index (κ2) is 14.6. The van der Waals surface area contributed by atoms with Crippen LogP contribution in [0.2, 0.25) is 5.02 Å². The fourth-order valence-electron chi connectivity index (χ4n) is 2.34. The van der Waals surface area contributed by atoms with Gasteiger partial charge in [-0.1, -0.05) is 23.7 Å². The van der Waals surface area contributed by atoms with Crippen LogP contribution < -0.4 is 31.6 Å². The molecule has 9 heteroatoms. The fraction of sp³-hybridized carbons (Fsp3) is 0.143. The molecule has 0 spiro atoms. The molecule has 0 saturated heterocycles. The van der Waals surface area contributed by atoms with Crippen molar-refractivity contribution in [2.75, 3.05) is 24.7 Å². The molecule has 30 heavy (non-hydrogen) atoms. The molecule has 164 valence electrons. The molecule has 0 unspecified atom stereocenters. The summed E-state index contributed by atoms with van der Waals surface area (Å²) in [5.41, 5.74) is 5.44. The van der Waals surface area contributed by atoms with Crippen molar-refractivity contribution >= 4 is 47.8 Å². The number of hydrogen-bond donors (Lipinski definition) is 3. The minimum absolute atomic E-state index is 0. The first kappa shape index (κ1) is 27.7. The van der Waals surface area contributed by atoms with Gasteiger partial charge in [-0.2, -0.15) is 0 Å². The van der Waals surface area contributed by atoms with Crippen molar-refractivity contribution in [2.45, 2.75) is 6.54 Å². The number of methoxy groups -OCH3 is 2. The van der Waals surface area contributed by atoms with E-state index >= 15 is 0 Å². The summed E-state index contributed by atoms with van der Waals surface area (Å²) in [6, 6.07) is 22.6. The van der Waals surface area contributed by atoms with E-state index in [4.69, 9.17) is 32.8 Å². The Balaban J connectivity index is 0.000000604. The van der Waals surface area contributed by atoms with Crippen molar-refractivity contribution in [1.82, 2.24) is 0 Å². The molecule has 0 aliphatic carbocycles. The number of nitrogens with one attached hydrogen (secondary N) is 1. The summed E-state index contributed by atoms with van der Waals surface area (Å²) in [6.45, 7) is 0.628. The van der Waals surface area contributed by atoms with Crippen LogP contribution in [0, 0.1) is 0 Å². The first-order valence-electron chi connectivity index (χ1n) is 8.57. The zero-order chi connectivity index (χ0) is 20.4. The lowest BCUT2D eigenvalue weighted by Gasteiger charge is -2.19. The Labute approximate surface area is 194 Å². The highest BCUT2D eigenvalue weighted by atomic mass is 35.5. The van der Waals surface area contributed by atoms with Gasteiger partial charge in [-0.25, -0.2) is 5.84 Å². The number of nitrogens with two attached hydrogens (primary N) is 2. The molecule has 3 rings (SSSR count). The zero-order valence-electron chi connectivity index (χ0n) is 16.7. The first-order chi connectivity index (χ1) is 13.5. The summed E-state index contributed by atoms with van der Waals surface area (Å²) >= 11 is 5.84. The highest BCUT2D eigenvalue weighted by Gasteiger charge is 2.03. The number of benzene rings is 3. The molecule has 3 aromatic rings. The molecule has 0 aliphatic heterocycles. The van der Waals surface area contributed by atoms with E-state index < -0.39 is 0 Å². The van der Waals surface area contributed by atoms with Crippen LogP contribution in [0.25, 0.3) is 0 Å². The van der Waals surface area contributed by atoms with E-state index in [1.807, 2.05) is 72.8 Å². The highest BCUT2D eigenvalue weighted by molar-refractivity contribution is 6.30. The molecule has 0 fully saturated rings. The van der Waals surface area contributed by atoms with Crippen molar-refractivity contribution in [3.05, 3.63) is 83.4 Å². The minimum atomic E-state index is 0. The number of hydrogen-bond acceptors (Lipinski definition) is 6. The van der Waals surface area contributed by atoms with Crippen LogP contribution in [-0.2, 0) is 6.54 Å². The lowest BCUT2D eigenvalue weighted by molar-refractivity contribution is 0.414. The van der Waals surface area contributed by atoms with Gasteiger partial charge in [-0.05, 0) is 66.2 Å². The molecule has 0 saturated carbocycles. The second-order valence-electron chi connectivity index (χ2n) is 5.83. The SMILES string of the molecule is COc1ccc(N(N)Cc2ccc(Cl)cc2)cc1.COc1ccc(NN)cc1.Cl.Cl. The Morgan fingerprint density at radius 2 is 1.27 bits per heavy atom. The Hall–Kier alpha value is -2.35. The van der Waals surface area contributed by atoms with Gasteiger partial charge < -0.3 is 19.9 Å². The van der Waals surface area contributed by atoms with Gasteiger partial charge in [0.25, 0.3) is 0 Å². The molecule has 5 N–H and O–H groups in total. The summed E-state index contributed by atoms with van der Waals surface area (Å²) in [4.78, 5) is 0. The van der Waals surface area contributed by atoms with Gasteiger partial charge in [0.2, 0.25) is 0 Å². The molecular formula is C21H27Cl3N4O2. The van der Waals surface area contributed by atoms with E-state index in [1.54, 1.807) is 19.2 Å². The van der Waals surface area contributed by atoms with Crippen LogP contribution in [0.5, 0.6) is 11.5 Å². The number of nitrogen functional groups attached to an aromatic ring is 1. The average Bonchev–Trinajstić information content (AvgIpc) is 2.76. The van der Waals surface area contributed by atoms with Gasteiger partial charge >= 0.3 is 0 Å². The van der Waals surface area contributed by atoms with Crippen LogP contribution in [0.4, 0.5) is 11.4 Å². The molecule has 0 aliphatic rings. The zero-order valence-corrected chi connectivity index (χ0v) is 19.1. The van der Waals surface area contributed by atoms with Crippen LogP contribution in [-0.4, -0.2) is 14.2 Å². The first-order valence-corrected chi connectivity index (χ1v) is 8.95. The van der Waals surface area contributed by atoms with E-state index in [9.17, 15) is 0 Å². The third-order valence-electron chi connectivity index (χ3n) is 3.93. The summed E-state index contributed by atoms with van der Waals surface area (Å²) in [5.74, 6) is 12.8.